The molecule has 0 heterocycles. The predicted octanol–water partition coefficient (Wildman–Crippen LogP) is 3.58. The molecule has 98 valence electrons. The van der Waals surface area contributed by atoms with Crippen LogP contribution in [0.4, 0.5) is 0 Å². The topological polar surface area (TPSA) is 35.8 Å². The zero-order valence-corrected chi connectivity index (χ0v) is 12.5. The van der Waals surface area contributed by atoms with Crippen LogP contribution in [0.15, 0.2) is 0 Å². The highest BCUT2D eigenvalue weighted by Gasteiger charge is 2.42. The van der Waals surface area contributed by atoms with Crippen molar-refractivity contribution >= 4 is 11.8 Å². The van der Waals surface area contributed by atoms with Crippen molar-refractivity contribution in [2.24, 2.45) is 5.92 Å². The summed E-state index contributed by atoms with van der Waals surface area (Å²) in [7, 11) is 0. The Hall–Kier alpha value is -0.200. The van der Waals surface area contributed by atoms with E-state index in [1.54, 1.807) is 0 Å². The van der Waals surface area contributed by atoms with Crippen LogP contribution in [-0.2, 0) is 0 Å². The monoisotopic (exact) mass is 254 g/mol. The van der Waals surface area contributed by atoms with E-state index in [-0.39, 0.29) is 5.54 Å². The van der Waals surface area contributed by atoms with Crippen molar-refractivity contribution in [2.45, 2.75) is 63.7 Å². The molecule has 0 radical (unpaired) electrons. The Labute approximate surface area is 111 Å². The van der Waals surface area contributed by atoms with Gasteiger partial charge in [0.2, 0.25) is 0 Å². The Bertz CT molecular complexity index is 277. The lowest BCUT2D eigenvalue weighted by Gasteiger charge is -2.30. The molecule has 1 rings (SSSR count). The number of nitrogens with one attached hydrogen (secondary N) is 1. The molecule has 0 spiro atoms. The Balaban J connectivity index is 2.49. The lowest BCUT2D eigenvalue weighted by atomic mass is 9.86. The van der Waals surface area contributed by atoms with E-state index in [2.05, 4.69) is 39.1 Å². The number of hydrogen-bond donors (Lipinski definition) is 1. The van der Waals surface area contributed by atoms with E-state index in [1.807, 2.05) is 11.8 Å². The fourth-order valence-electron chi connectivity index (χ4n) is 2.71. The predicted molar refractivity (Wildman–Crippen MR) is 76.2 cm³/mol. The van der Waals surface area contributed by atoms with Gasteiger partial charge in [-0.3, -0.25) is 5.32 Å². The van der Waals surface area contributed by atoms with E-state index in [0.717, 1.165) is 13.0 Å². The molecular formula is C14H26N2S. The van der Waals surface area contributed by atoms with Crippen molar-refractivity contribution < 1.29 is 0 Å². The van der Waals surface area contributed by atoms with Crippen LogP contribution < -0.4 is 5.32 Å². The van der Waals surface area contributed by atoms with Crippen molar-refractivity contribution in [3.8, 4) is 6.07 Å². The summed E-state index contributed by atoms with van der Waals surface area (Å²) in [4.78, 5) is 0. The van der Waals surface area contributed by atoms with Gasteiger partial charge in [0.1, 0.15) is 5.54 Å². The summed E-state index contributed by atoms with van der Waals surface area (Å²) in [5.41, 5.74) is -0.229. The maximum Gasteiger partial charge on any atom is 0.109 e. The molecule has 0 aromatic carbocycles. The summed E-state index contributed by atoms with van der Waals surface area (Å²) in [5.74, 6) is 1.71. The van der Waals surface area contributed by atoms with Crippen molar-refractivity contribution in [3.63, 3.8) is 0 Å². The highest BCUT2D eigenvalue weighted by molar-refractivity contribution is 8.00. The van der Waals surface area contributed by atoms with Crippen LogP contribution in [0.5, 0.6) is 0 Å². The van der Waals surface area contributed by atoms with Crippen molar-refractivity contribution in [1.29, 1.82) is 5.26 Å². The van der Waals surface area contributed by atoms with E-state index < -0.39 is 0 Å². The van der Waals surface area contributed by atoms with Gasteiger partial charge in [-0.05, 0) is 37.5 Å². The fraction of sp³-hybridized carbons (Fsp3) is 0.929. The van der Waals surface area contributed by atoms with Gasteiger partial charge in [0.05, 0.1) is 6.07 Å². The smallest absolute Gasteiger partial charge is 0.109 e. The molecule has 0 aromatic heterocycles. The Morgan fingerprint density at radius 3 is 2.71 bits per heavy atom. The van der Waals surface area contributed by atoms with Crippen LogP contribution in [0.1, 0.15) is 53.4 Å². The summed E-state index contributed by atoms with van der Waals surface area (Å²) >= 11 is 2.01. The lowest BCUT2D eigenvalue weighted by Crippen LogP contribution is -2.47. The van der Waals surface area contributed by atoms with Crippen LogP contribution >= 0.6 is 11.8 Å². The average molecular weight is 254 g/mol. The largest absolute Gasteiger partial charge is 0.299 e. The minimum atomic E-state index is -0.229. The molecule has 0 bridgehead atoms. The zero-order valence-electron chi connectivity index (χ0n) is 11.7. The Morgan fingerprint density at radius 1 is 1.47 bits per heavy atom. The second kappa shape index (κ2) is 6.11. The van der Waals surface area contributed by atoms with E-state index in [9.17, 15) is 5.26 Å². The summed E-state index contributed by atoms with van der Waals surface area (Å²) in [6, 6.07) is 2.56. The van der Waals surface area contributed by atoms with Crippen LogP contribution in [0.3, 0.4) is 0 Å². The summed E-state index contributed by atoms with van der Waals surface area (Å²) in [6.07, 6.45) is 4.61. The SMILES string of the molecule is CCNC1(C#N)CCCC1CCSC(C)(C)C. The number of nitriles is 1. The third-order valence-corrected chi connectivity index (χ3v) is 4.82. The second-order valence-electron chi connectivity index (χ2n) is 5.95. The molecule has 0 amide bonds. The molecule has 2 unspecified atom stereocenters. The number of rotatable bonds is 5. The number of hydrogen-bond acceptors (Lipinski definition) is 3. The first kappa shape index (κ1) is 14.9. The first-order valence-electron chi connectivity index (χ1n) is 6.74. The normalized spacial score (nSPS) is 29.2. The van der Waals surface area contributed by atoms with Gasteiger partial charge in [-0.2, -0.15) is 17.0 Å². The molecule has 2 atom stereocenters. The Morgan fingerprint density at radius 2 is 2.18 bits per heavy atom. The van der Waals surface area contributed by atoms with E-state index in [1.165, 1.54) is 25.0 Å². The van der Waals surface area contributed by atoms with Crippen LogP contribution in [0.2, 0.25) is 0 Å². The summed E-state index contributed by atoms with van der Waals surface area (Å²) in [5, 5.41) is 12.9. The minimum Gasteiger partial charge on any atom is -0.299 e. The first-order chi connectivity index (χ1) is 7.93. The van der Waals surface area contributed by atoms with Gasteiger partial charge in [-0.1, -0.05) is 34.1 Å². The highest BCUT2D eigenvalue weighted by Crippen LogP contribution is 2.39. The van der Waals surface area contributed by atoms with Crippen molar-refractivity contribution in [1.82, 2.24) is 5.32 Å². The zero-order chi connectivity index (χ0) is 12.9. The van der Waals surface area contributed by atoms with Gasteiger partial charge < -0.3 is 0 Å². The number of thioether (sulfide) groups is 1. The third-order valence-electron chi connectivity index (χ3n) is 3.51. The summed E-state index contributed by atoms with van der Waals surface area (Å²) in [6.45, 7) is 9.77. The van der Waals surface area contributed by atoms with Gasteiger partial charge in [0, 0.05) is 4.75 Å². The second-order valence-corrected chi connectivity index (χ2v) is 7.87. The van der Waals surface area contributed by atoms with Crippen LogP contribution in [-0.4, -0.2) is 22.6 Å². The van der Waals surface area contributed by atoms with Gasteiger partial charge in [-0.25, -0.2) is 0 Å². The molecule has 0 aromatic rings. The molecule has 2 nitrogen and oxygen atoms in total. The standard InChI is InChI=1S/C14H26N2S/c1-5-16-14(11-15)9-6-7-12(14)8-10-17-13(2,3)4/h12,16H,5-10H2,1-4H3. The molecular weight excluding hydrogens is 228 g/mol. The van der Waals surface area contributed by atoms with Crippen LogP contribution in [0, 0.1) is 17.2 Å². The molecule has 3 heteroatoms. The van der Waals surface area contributed by atoms with E-state index in [0.29, 0.717) is 10.7 Å². The third kappa shape index (κ3) is 4.19. The highest BCUT2D eigenvalue weighted by atomic mass is 32.2. The molecule has 17 heavy (non-hydrogen) atoms. The maximum atomic E-state index is 9.46. The van der Waals surface area contributed by atoms with Gasteiger partial charge in [0.25, 0.3) is 0 Å². The Kier molecular flexibility index (Phi) is 5.34. The molecule has 1 aliphatic rings. The minimum absolute atomic E-state index is 0.229. The van der Waals surface area contributed by atoms with Gasteiger partial charge in [-0.15, -0.1) is 0 Å². The van der Waals surface area contributed by atoms with Crippen molar-refractivity contribution in [2.75, 3.05) is 12.3 Å². The van der Waals surface area contributed by atoms with Gasteiger partial charge in [0.15, 0.2) is 0 Å². The van der Waals surface area contributed by atoms with Gasteiger partial charge >= 0.3 is 0 Å². The summed E-state index contributed by atoms with van der Waals surface area (Å²) < 4.78 is 0.339. The van der Waals surface area contributed by atoms with E-state index in [4.69, 9.17) is 0 Å². The number of nitrogens with zero attached hydrogens (tertiary/aromatic N) is 1. The fourth-order valence-corrected chi connectivity index (χ4v) is 3.73. The van der Waals surface area contributed by atoms with E-state index >= 15 is 0 Å². The maximum absolute atomic E-state index is 9.46. The quantitative estimate of drug-likeness (QED) is 0.814. The molecule has 1 N–H and O–H groups in total. The average Bonchev–Trinajstić information content (AvgIpc) is 2.61. The lowest BCUT2D eigenvalue weighted by molar-refractivity contribution is 0.317. The molecule has 1 aliphatic carbocycles. The first-order valence-corrected chi connectivity index (χ1v) is 7.72. The molecule has 0 saturated heterocycles. The van der Waals surface area contributed by atoms with Crippen molar-refractivity contribution in [3.05, 3.63) is 0 Å². The molecule has 0 aliphatic heterocycles. The molecule has 1 fully saturated rings. The van der Waals surface area contributed by atoms with Crippen LogP contribution in [0.25, 0.3) is 0 Å². The molecule has 1 saturated carbocycles.